The minimum atomic E-state index is -0.214. The van der Waals surface area contributed by atoms with Crippen molar-refractivity contribution in [3.8, 4) is 11.9 Å². The third kappa shape index (κ3) is 4.61. The lowest BCUT2D eigenvalue weighted by Crippen LogP contribution is -2.48. The van der Waals surface area contributed by atoms with Crippen LogP contribution in [0.5, 0.6) is 5.88 Å². The van der Waals surface area contributed by atoms with Crippen LogP contribution in [0.25, 0.3) is 0 Å². The fraction of sp³-hybridized carbons (Fsp3) is 0.333. The summed E-state index contributed by atoms with van der Waals surface area (Å²) in [6.07, 6.45) is 4.33. The number of halogens is 1. The Hall–Kier alpha value is -2.85. The number of amides is 2. The Bertz CT molecular complexity index is 806. The molecule has 0 aliphatic carbocycles. The van der Waals surface area contributed by atoms with E-state index >= 15 is 0 Å². The highest BCUT2D eigenvalue weighted by molar-refractivity contribution is 6.30. The van der Waals surface area contributed by atoms with Crippen LogP contribution in [0.3, 0.4) is 0 Å². The largest absolute Gasteiger partial charge is 0.470 e. The number of hydrogen-bond acceptors (Lipinski definition) is 5. The average molecular weight is 372 g/mol. The quantitative estimate of drug-likeness (QED) is 0.892. The number of rotatable bonds is 4. The third-order valence-corrected chi connectivity index (χ3v) is 4.32. The molecule has 3 rings (SSSR count). The molecule has 0 spiro atoms. The van der Waals surface area contributed by atoms with Gasteiger partial charge in [0.05, 0.1) is 6.54 Å². The van der Waals surface area contributed by atoms with Crippen molar-refractivity contribution in [3.63, 3.8) is 0 Å². The Morgan fingerprint density at radius 3 is 2.88 bits per heavy atom. The van der Waals surface area contributed by atoms with E-state index in [4.69, 9.17) is 21.6 Å². The van der Waals surface area contributed by atoms with Gasteiger partial charge in [0.1, 0.15) is 12.2 Å². The van der Waals surface area contributed by atoms with Gasteiger partial charge in [0.15, 0.2) is 0 Å². The maximum atomic E-state index is 12.4. The van der Waals surface area contributed by atoms with Gasteiger partial charge in [-0.3, -0.25) is 0 Å². The zero-order chi connectivity index (χ0) is 18.4. The number of piperidine rings is 1. The standard InChI is InChI=1S/C18H18ClN5O2/c19-14-5-3-13(4-6-14)11-23-18(25)24-9-1-2-15(12-24)26-17-16(10-20)21-7-8-22-17/h3-8,15H,1-2,9,11-12H2,(H,23,25)/t15-/m0/s1. The molecule has 7 nitrogen and oxygen atoms in total. The topological polar surface area (TPSA) is 91.1 Å². The molecule has 1 fully saturated rings. The van der Waals surface area contributed by atoms with Crippen LogP contribution in [0, 0.1) is 11.3 Å². The van der Waals surface area contributed by atoms with Gasteiger partial charge in [0.25, 0.3) is 5.88 Å². The maximum absolute atomic E-state index is 12.4. The lowest BCUT2D eigenvalue weighted by molar-refractivity contribution is 0.0971. The van der Waals surface area contributed by atoms with E-state index < -0.39 is 0 Å². The Labute approximate surface area is 156 Å². The molecule has 2 heterocycles. The smallest absolute Gasteiger partial charge is 0.317 e. The molecule has 2 amide bonds. The predicted molar refractivity (Wildman–Crippen MR) is 95.7 cm³/mol. The molecule has 8 heteroatoms. The molecular weight excluding hydrogens is 354 g/mol. The zero-order valence-electron chi connectivity index (χ0n) is 14.1. The van der Waals surface area contributed by atoms with E-state index in [2.05, 4.69) is 15.3 Å². The van der Waals surface area contributed by atoms with E-state index in [-0.39, 0.29) is 23.7 Å². The van der Waals surface area contributed by atoms with Gasteiger partial charge in [0.2, 0.25) is 5.69 Å². The maximum Gasteiger partial charge on any atom is 0.317 e. The van der Waals surface area contributed by atoms with Gasteiger partial charge in [-0.25, -0.2) is 14.8 Å². The van der Waals surface area contributed by atoms with Crippen LogP contribution < -0.4 is 10.1 Å². The first-order chi connectivity index (χ1) is 12.7. The number of likely N-dealkylation sites (tertiary alicyclic amines) is 1. The zero-order valence-corrected chi connectivity index (χ0v) is 14.8. The molecule has 1 atom stereocenters. The Morgan fingerprint density at radius 1 is 1.35 bits per heavy atom. The number of ether oxygens (including phenoxy) is 1. The van der Waals surface area contributed by atoms with Gasteiger partial charge in [-0.2, -0.15) is 5.26 Å². The number of urea groups is 1. The van der Waals surface area contributed by atoms with Crippen molar-refractivity contribution in [2.24, 2.45) is 0 Å². The number of nitrogens with one attached hydrogen (secondary N) is 1. The summed E-state index contributed by atoms with van der Waals surface area (Å²) in [5.74, 6) is 0.212. The van der Waals surface area contributed by atoms with Gasteiger partial charge in [0, 0.05) is 30.5 Å². The molecule has 0 bridgehead atoms. The number of nitriles is 1. The van der Waals surface area contributed by atoms with Crippen molar-refractivity contribution < 1.29 is 9.53 Å². The Morgan fingerprint density at radius 2 is 2.12 bits per heavy atom. The third-order valence-electron chi connectivity index (χ3n) is 4.07. The summed E-state index contributed by atoms with van der Waals surface area (Å²) >= 11 is 5.86. The summed E-state index contributed by atoms with van der Waals surface area (Å²) in [6.45, 7) is 1.53. The molecule has 1 aromatic carbocycles. The van der Waals surface area contributed by atoms with Crippen LogP contribution >= 0.6 is 11.6 Å². The van der Waals surface area contributed by atoms with Gasteiger partial charge in [-0.15, -0.1) is 0 Å². The fourth-order valence-corrected chi connectivity index (χ4v) is 2.88. The molecule has 26 heavy (non-hydrogen) atoms. The first-order valence-electron chi connectivity index (χ1n) is 8.30. The number of carbonyl (C=O) groups is 1. The van der Waals surface area contributed by atoms with Crippen molar-refractivity contribution in [3.05, 3.63) is 52.9 Å². The molecule has 1 aliphatic rings. The van der Waals surface area contributed by atoms with Crippen molar-refractivity contribution in [2.75, 3.05) is 13.1 Å². The van der Waals surface area contributed by atoms with Gasteiger partial charge in [-0.05, 0) is 30.5 Å². The average Bonchev–Trinajstić information content (AvgIpc) is 2.68. The monoisotopic (exact) mass is 371 g/mol. The molecule has 2 aromatic rings. The molecule has 1 saturated heterocycles. The molecule has 1 aliphatic heterocycles. The molecule has 1 aromatic heterocycles. The van der Waals surface area contributed by atoms with E-state index in [0.717, 1.165) is 18.4 Å². The molecule has 0 saturated carbocycles. The van der Waals surface area contributed by atoms with Crippen LogP contribution in [0.4, 0.5) is 4.79 Å². The van der Waals surface area contributed by atoms with E-state index in [1.165, 1.54) is 12.4 Å². The highest BCUT2D eigenvalue weighted by atomic mass is 35.5. The molecule has 134 valence electrons. The summed E-state index contributed by atoms with van der Waals surface area (Å²) < 4.78 is 5.80. The van der Waals surface area contributed by atoms with Gasteiger partial charge >= 0.3 is 6.03 Å². The van der Waals surface area contributed by atoms with Crippen molar-refractivity contribution in [1.82, 2.24) is 20.2 Å². The summed E-state index contributed by atoms with van der Waals surface area (Å²) in [5.41, 5.74) is 1.13. The Kier molecular flexibility index (Phi) is 5.87. The summed E-state index contributed by atoms with van der Waals surface area (Å²) in [5, 5.41) is 12.6. The van der Waals surface area contributed by atoms with Crippen LogP contribution in [0.15, 0.2) is 36.7 Å². The molecule has 0 unspecified atom stereocenters. The highest BCUT2D eigenvalue weighted by Crippen LogP contribution is 2.18. The van der Waals surface area contributed by atoms with E-state index in [0.29, 0.717) is 24.7 Å². The fourth-order valence-electron chi connectivity index (χ4n) is 2.76. The molecule has 0 radical (unpaired) electrons. The molecule has 1 N–H and O–H groups in total. The van der Waals surface area contributed by atoms with E-state index in [9.17, 15) is 4.79 Å². The SMILES string of the molecule is N#Cc1nccnc1O[C@H]1CCCN(C(=O)NCc2ccc(Cl)cc2)C1. The second-order valence-electron chi connectivity index (χ2n) is 5.94. The van der Waals surface area contributed by atoms with Crippen LogP contribution in [0.2, 0.25) is 5.02 Å². The predicted octanol–water partition coefficient (Wildman–Crippen LogP) is 2.75. The Balaban J connectivity index is 1.55. The number of benzene rings is 1. The van der Waals surface area contributed by atoms with Crippen molar-refractivity contribution in [2.45, 2.75) is 25.5 Å². The summed E-state index contributed by atoms with van der Waals surface area (Å²) in [6, 6.07) is 9.16. The normalized spacial score (nSPS) is 16.6. The second-order valence-corrected chi connectivity index (χ2v) is 6.37. The van der Waals surface area contributed by atoms with Crippen LogP contribution in [-0.2, 0) is 6.54 Å². The van der Waals surface area contributed by atoms with Crippen LogP contribution in [0.1, 0.15) is 24.1 Å². The van der Waals surface area contributed by atoms with Crippen molar-refractivity contribution >= 4 is 17.6 Å². The number of aromatic nitrogens is 2. The summed E-state index contributed by atoms with van der Waals surface area (Å²) in [4.78, 5) is 22.1. The van der Waals surface area contributed by atoms with Gasteiger partial charge < -0.3 is 15.0 Å². The number of carbonyl (C=O) groups excluding carboxylic acids is 1. The lowest BCUT2D eigenvalue weighted by Gasteiger charge is -2.32. The minimum Gasteiger partial charge on any atom is -0.470 e. The first-order valence-corrected chi connectivity index (χ1v) is 8.68. The lowest BCUT2D eigenvalue weighted by atomic mass is 10.1. The first kappa shape index (κ1) is 18.0. The van der Waals surface area contributed by atoms with Crippen molar-refractivity contribution in [1.29, 1.82) is 5.26 Å². The van der Waals surface area contributed by atoms with Gasteiger partial charge in [-0.1, -0.05) is 23.7 Å². The van der Waals surface area contributed by atoms with E-state index in [1.54, 1.807) is 17.0 Å². The van der Waals surface area contributed by atoms with Crippen LogP contribution in [-0.4, -0.2) is 40.1 Å². The summed E-state index contributed by atoms with van der Waals surface area (Å²) in [7, 11) is 0. The number of nitrogens with zero attached hydrogens (tertiary/aromatic N) is 4. The number of hydrogen-bond donors (Lipinski definition) is 1. The molecular formula is C18H18ClN5O2. The van der Waals surface area contributed by atoms with E-state index in [1.807, 2.05) is 18.2 Å². The minimum absolute atomic E-state index is 0.145. The highest BCUT2D eigenvalue weighted by Gasteiger charge is 2.26. The second kappa shape index (κ2) is 8.50.